The Labute approximate surface area is 126 Å². The molecule has 1 aromatic carbocycles. The molecule has 0 aliphatic rings. The zero-order valence-electron chi connectivity index (χ0n) is 8.71. The summed E-state index contributed by atoms with van der Waals surface area (Å²) in [6.07, 6.45) is 0. The summed E-state index contributed by atoms with van der Waals surface area (Å²) in [5.74, 6) is 0. The van der Waals surface area contributed by atoms with Gasteiger partial charge in [-0.3, -0.25) is 0 Å². The molecule has 0 atom stereocenters. The van der Waals surface area contributed by atoms with Gasteiger partial charge in [-0.1, -0.05) is 15.9 Å². The molecule has 0 saturated heterocycles. The van der Waals surface area contributed by atoms with Crippen LogP contribution in [0, 0.1) is 14.9 Å². The van der Waals surface area contributed by atoms with E-state index >= 15 is 0 Å². The minimum absolute atomic E-state index is 0.732. The van der Waals surface area contributed by atoms with E-state index in [1.165, 1.54) is 3.57 Å². The maximum absolute atomic E-state index is 8.75. The zero-order valence-corrected chi connectivity index (χ0v) is 13.3. The molecule has 0 fully saturated rings. The molecule has 1 heterocycles. The predicted molar refractivity (Wildman–Crippen MR) is 83.2 cm³/mol. The zero-order chi connectivity index (χ0) is 12.3. The molecule has 17 heavy (non-hydrogen) atoms. The van der Waals surface area contributed by atoms with E-state index in [0.29, 0.717) is 0 Å². The van der Waals surface area contributed by atoms with Gasteiger partial charge in [0.1, 0.15) is 6.07 Å². The first-order valence-corrected chi connectivity index (χ1v) is 7.60. The lowest BCUT2D eigenvalue weighted by atomic mass is 10.3. The van der Waals surface area contributed by atoms with Crippen molar-refractivity contribution in [3.05, 3.63) is 48.1 Å². The van der Waals surface area contributed by atoms with Crippen LogP contribution in [0.4, 0.5) is 5.69 Å². The van der Waals surface area contributed by atoms with Crippen molar-refractivity contribution in [1.82, 2.24) is 0 Å². The van der Waals surface area contributed by atoms with Gasteiger partial charge in [-0.05, 0) is 46.9 Å². The molecule has 0 radical (unpaired) electrons. The van der Waals surface area contributed by atoms with Crippen molar-refractivity contribution in [2.45, 2.75) is 6.54 Å². The van der Waals surface area contributed by atoms with E-state index in [1.54, 1.807) is 11.3 Å². The van der Waals surface area contributed by atoms with Crippen LogP contribution in [0.3, 0.4) is 0 Å². The molecule has 0 aliphatic heterocycles. The van der Waals surface area contributed by atoms with Crippen molar-refractivity contribution in [3.8, 4) is 6.07 Å². The van der Waals surface area contributed by atoms with Crippen LogP contribution >= 0.6 is 49.9 Å². The molecule has 0 unspecified atom stereocenters. The number of hydrogen-bond acceptors (Lipinski definition) is 3. The molecular weight excluding hydrogens is 411 g/mol. The van der Waals surface area contributed by atoms with Crippen LogP contribution in [-0.2, 0) is 6.54 Å². The van der Waals surface area contributed by atoms with Gasteiger partial charge in [0.25, 0.3) is 0 Å². The molecule has 86 valence electrons. The highest BCUT2D eigenvalue weighted by Gasteiger charge is 2.02. The van der Waals surface area contributed by atoms with Crippen LogP contribution < -0.4 is 5.32 Å². The Hall–Kier alpha value is -0.580. The molecule has 2 nitrogen and oxygen atoms in total. The summed E-state index contributed by atoms with van der Waals surface area (Å²) >= 11 is 7.36. The van der Waals surface area contributed by atoms with E-state index in [1.807, 2.05) is 17.5 Å². The van der Waals surface area contributed by atoms with Crippen LogP contribution in [0.1, 0.15) is 10.4 Å². The molecule has 5 heteroatoms. The van der Waals surface area contributed by atoms with Crippen LogP contribution in [-0.4, -0.2) is 0 Å². The monoisotopic (exact) mass is 418 g/mol. The number of benzene rings is 1. The molecular formula is C12H8BrIN2S. The van der Waals surface area contributed by atoms with Gasteiger partial charge in [0, 0.05) is 30.5 Å². The largest absolute Gasteiger partial charge is 0.379 e. The third-order valence-corrected chi connectivity index (χ3v) is 4.53. The van der Waals surface area contributed by atoms with Gasteiger partial charge in [0.15, 0.2) is 0 Å². The Morgan fingerprint density at radius 3 is 2.94 bits per heavy atom. The van der Waals surface area contributed by atoms with E-state index in [-0.39, 0.29) is 0 Å². The van der Waals surface area contributed by atoms with E-state index in [0.717, 1.165) is 27.1 Å². The van der Waals surface area contributed by atoms with Crippen LogP contribution in [0.2, 0.25) is 0 Å². The van der Waals surface area contributed by atoms with Crippen LogP contribution in [0.5, 0.6) is 0 Å². The number of thiophene rings is 1. The quantitative estimate of drug-likeness (QED) is 0.739. The fourth-order valence-corrected chi connectivity index (χ4v) is 2.98. The molecule has 0 saturated carbocycles. The van der Waals surface area contributed by atoms with Crippen molar-refractivity contribution < 1.29 is 0 Å². The van der Waals surface area contributed by atoms with Gasteiger partial charge in [0.05, 0.1) is 5.56 Å². The van der Waals surface area contributed by atoms with Crippen molar-refractivity contribution in [3.63, 3.8) is 0 Å². The second kappa shape index (κ2) is 5.85. The predicted octanol–water partition coefficient (Wildman–Crippen LogP) is 4.60. The summed E-state index contributed by atoms with van der Waals surface area (Å²) in [6, 6.07) is 10.2. The Morgan fingerprint density at radius 1 is 1.41 bits per heavy atom. The van der Waals surface area contributed by atoms with Crippen LogP contribution in [0.25, 0.3) is 0 Å². The number of nitrogens with one attached hydrogen (secondary N) is 1. The molecule has 1 aromatic heterocycles. The topological polar surface area (TPSA) is 35.8 Å². The maximum Gasteiger partial charge on any atom is 0.100 e. The van der Waals surface area contributed by atoms with E-state index < -0.39 is 0 Å². The van der Waals surface area contributed by atoms with Crippen molar-refractivity contribution >= 4 is 55.5 Å². The second-order valence-electron chi connectivity index (χ2n) is 3.39. The fourth-order valence-electron chi connectivity index (χ4n) is 1.35. The lowest BCUT2D eigenvalue weighted by Gasteiger charge is -2.07. The molecule has 0 amide bonds. The van der Waals surface area contributed by atoms with Gasteiger partial charge >= 0.3 is 0 Å². The van der Waals surface area contributed by atoms with E-state index in [4.69, 9.17) is 5.26 Å². The lowest BCUT2D eigenvalue weighted by molar-refractivity contribution is 1.18. The first kappa shape index (κ1) is 12.9. The summed E-state index contributed by atoms with van der Waals surface area (Å²) in [4.78, 5) is 1.16. The van der Waals surface area contributed by atoms with E-state index in [2.05, 4.69) is 62.0 Å². The standard InChI is InChI=1S/C12H8BrIN2S/c13-9-1-2-11(14)12(4-9)16-6-10-3-8(5-15)7-17-10/h1-4,7,16H,6H2. The number of nitrogens with zero attached hydrogens (tertiary/aromatic N) is 1. The minimum Gasteiger partial charge on any atom is -0.379 e. The number of hydrogen-bond donors (Lipinski definition) is 1. The molecule has 0 spiro atoms. The molecule has 0 bridgehead atoms. The SMILES string of the molecule is N#Cc1csc(CNc2cc(Br)ccc2I)c1. The van der Waals surface area contributed by atoms with Gasteiger partial charge in [-0.2, -0.15) is 5.26 Å². The summed E-state index contributed by atoms with van der Waals surface area (Å²) in [5, 5.41) is 14.0. The number of rotatable bonds is 3. The Kier molecular flexibility index (Phi) is 4.42. The number of anilines is 1. The Morgan fingerprint density at radius 2 is 2.24 bits per heavy atom. The van der Waals surface area contributed by atoms with Gasteiger partial charge in [0.2, 0.25) is 0 Å². The van der Waals surface area contributed by atoms with Gasteiger partial charge < -0.3 is 5.32 Å². The first-order chi connectivity index (χ1) is 8.19. The average molecular weight is 419 g/mol. The second-order valence-corrected chi connectivity index (χ2v) is 6.46. The highest BCUT2D eigenvalue weighted by Crippen LogP contribution is 2.24. The summed E-state index contributed by atoms with van der Waals surface area (Å²) in [7, 11) is 0. The van der Waals surface area contributed by atoms with Gasteiger partial charge in [-0.25, -0.2) is 0 Å². The minimum atomic E-state index is 0.732. The number of nitriles is 1. The third kappa shape index (κ3) is 3.44. The molecule has 2 rings (SSSR count). The Balaban J connectivity index is 2.07. The first-order valence-electron chi connectivity index (χ1n) is 4.85. The Bertz CT molecular complexity index is 574. The average Bonchev–Trinajstić information content (AvgIpc) is 2.78. The highest BCUT2D eigenvalue weighted by molar-refractivity contribution is 14.1. The highest BCUT2D eigenvalue weighted by atomic mass is 127. The molecule has 0 aliphatic carbocycles. The normalized spacial score (nSPS) is 9.94. The smallest absolute Gasteiger partial charge is 0.100 e. The van der Waals surface area contributed by atoms with Crippen LogP contribution in [0.15, 0.2) is 34.1 Å². The van der Waals surface area contributed by atoms with Crippen molar-refractivity contribution in [2.75, 3.05) is 5.32 Å². The van der Waals surface area contributed by atoms with Gasteiger partial charge in [-0.15, -0.1) is 11.3 Å². The lowest BCUT2D eigenvalue weighted by Crippen LogP contribution is -1.99. The van der Waals surface area contributed by atoms with E-state index in [9.17, 15) is 0 Å². The van der Waals surface area contributed by atoms with Crippen molar-refractivity contribution in [1.29, 1.82) is 5.26 Å². The summed E-state index contributed by atoms with van der Waals surface area (Å²) < 4.78 is 2.24. The van der Waals surface area contributed by atoms with Crippen molar-refractivity contribution in [2.24, 2.45) is 0 Å². The summed E-state index contributed by atoms with van der Waals surface area (Å²) in [6.45, 7) is 0.749. The summed E-state index contributed by atoms with van der Waals surface area (Å²) in [5.41, 5.74) is 1.84. The maximum atomic E-state index is 8.75. The molecule has 2 aromatic rings. The third-order valence-electron chi connectivity index (χ3n) is 2.16. The number of halogens is 2. The molecule has 1 N–H and O–H groups in total. The fraction of sp³-hybridized carbons (Fsp3) is 0.0833.